The van der Waals surface area contributed by atoms with Crippen LogP contribution in [0.3, 0.4) is 0 Å². The van der Waals surface area contributed by atoms with E-state index in [4.69, 9.17) is 5.11 Å². The highest BCUT2D eigenvalue weighted by molar-refractivity contribution is 5.92. The first-order valence-electron chi connectivity index (χ1n) is 5.83. The molecule has 8 nitrogen and oxygen atoms in total. The molecule has 3 heterocycles. The van der Waals surface area contributed by atoms with Crippen molar-refractivity contribution in [2.24, 2.45) is 0 Å². The lowest BCUT2D eigenvalue weighted by Gasteiger charge is -2.39. The zero-order valence-electron chi connectivity index (χ0n) is 9.61. The van der Waals surface area contributed by atoms with Crippen molar-refractivity contribution in [3.8, 4) is 0 Å². The van der Waals surface area contributed by atoms with E-state index in [1.165, 1.54) is 11.1 Å². The molecule has 3 rings (SSSR count). The molecule has 0 aromatic carbocycles. The van der Waals surface area contributed by atoms with Gasteiger partial charge in [0.15, 0.2) is 5.69 Å². The monoisotopic (exact) mass is 251 g/mol. The molecule has 0 radical (unpaired) electrons. The van der Waals surface area contributed by atoms with Crippen LogP contribution in [-0.4, -0.2) is 67.5 Å². The zero-order chi connectivity index (χ0) is 12.7. The Balaban J connectivity index is 1.76. The molecule has 2 atom stereocenters. The number of H-pyrrole nitrogens is 1. The highest BCUT2D eigenvalue weighted by atomic mass is 16.4. The quantitative estimate of drug-likeness (QED) is 0.717. The Morgan fingerprint density at radius 3 is 2.50 bits per heavy atom. The molecule has 1 aromatic heterocycles. The molecule has 0 saturated carbocycles. The number of carbonyl (C=O) groups is 2. The first kappa shape index (κ1) is 11.0. The first-order chi connectivity index (χ1) is 8.66. The average molecular weight is 251 g/mol. The number of fused-ring (bicyclic) bond motifs is 2. The van der Waals surface area contributed by atoms with Crippen LogP contribution < -0.4 is 0 Å². The lowest BCUT2D eigenvalue weighted by Crippen LogP contribution is -2.56. The molecule has 2 fully saturated rings. The van der Waals surface area contributed by atoms with Gasteiger partial charge < -0.3 is 10.0 Å². The molecular weight excluding hydrogens is 238 g/mol. The van der Waals surface area contributed by atoms with Crippen molar-refractivity contribution >= 4 is 12.0 Å². The first-order valence-corrected chi connectivity index (χ1v) is 5.83. The highest BCUT2D eigenvalue weighted by Gasteiger charge is 2.44. The average Bonchev–Trinajstić information content (AvgIpc) is 2.95. The number of nitrogens with zero attached hydrogens (tertiary/aromatic N) is 4. The fourth-order valence-electron chi connectivity index (χ4n) is 2.85. The Hall–Kier alpha value is -2.12. The Bertz CT molecular complexity index is 460. The molecular formula is C10H13N5O3. The van der Waals surface area contributed by atoms with Crippen LogP contribution >= 0.6 is 0 Å². The van der Waals surface area contributed by atoms with Crippen molar-refractivity contribution in [2.45, 2.75) is 24.9 Å². The SMILES string of the molecule is O=C(c1cn[nH]n1)N1CC2CCC(C1)N2C(=O)O. The van der Waals surface area contributed by atoms with Crippen LogP contribution in [0.2, 0.25) is 0 Å². The minimum Gasteiger partial charge on any atom is -0.465 e. The van der Waals surface area contributed by atoms with Gasteiger partial charge in [-0.15, -0.1) is 0 Å². The van der Waals surface area contributed by atoms with Gasteiger partial charge in [0.1, 0.15) is 0 Å². The molecule has 2 amide bonds. The normalized spacial score (nSPS) is 26.4. The van der Waals surface area contributed by atoms with Gasteiger partial charge in [-0.1, -0.05) is 0 Å². The van der Waals surface area contributed by atoms with E-state index >= 15 is 0 Å². The highest BCUT2D eigenvalue weighted by Crippen LogP contribution is 2.30. The third-order valence-electron chi connectivity index (χ3n) is 3.62. The summed E-state index contributed by atoms with van der Waals surface area (Å²) >= 11 is 0. The lowest BCUT2D eigenvalue weighted by molar-refractivity contribution is 0.0443. The fraction of sp³-hybridized carbons (Fsp3) is 0.600. The minimum atomic E-state index is -0.893. The van der Waals surface area contributed by atoms with Gasteiger partial charge in [0.05, 0.1) is 18.3 Å². The maximum Gasteiger partial charge on any atom is 0.407 e. The van der Waals surface area contributed by atoms with Crippen molar-refractivity contribution in [3.05, 3.63) is 11.9 Å². The Labute approximate surface area is 103 Å². The van der Waals surface area contributed by atoms with Gasteiger partial charge in [0.2, 0.25) is 0 Å². The summed E-state index contributed by atoms with van der Waals surface area (Å²) in [6.07, 6.45) is 2.13. The van der Waals surface area contributed by atoms with Gasteiger partial charge in [-0.05, 0) is 12.8 Å². The van der Waals surface area contributed by atoms with Gasteiger partial charge in [0, 0.05) is 13.1 Å². The summed E-state index contributed by atoms with van der Waals surface area (Å²) in [5, 5.41) is 18.9. The second kappa shape index (κ2) is 3.97. The van der Waals surface area contributed by atoms with E-state index in [9.17, 15) is 9.59 Å². The maximum atomic E-state index is 12.1. The number of rotatable bonds is 1. The minimum absolute atomic E-state index is 0.0860. The summed E-state index contributed by atoms with van der Waals surface area (Å²) < 4.78 is 0. The van der Waals surface area contributed by atoms with Crippen LogP contribution in [0.4, 0.5) is 4.79 Å². The van der Waals surface area contributed by atoms with Crippen LogP contribution in [0.25, 0.3) is 0 Å². The van der Waals surface area contributed by atoms with Gasteiger partial charge in [-0.25, -0.2) is 4.79 Å². The number of carboxylic acid groups (broad SMARTS) is 1. The summed E-state index contributed by atoms with van der Waals surface area (Å²) in [7, 11) is 0. The van der Waals surface area contributed by atoms with E-state index < -0.39 is 6.09 Å². The summed E-state index contributed by atoms with van der Waals surface area (Å²) in [4.78, 5) is 26.4. The predicted octanol–water partition coefficient (Wildman–Crippen LogP) is -0.229. The van der Waals surface area contributed by atoms with E-state index in [1.54, 1.807) is 4.90 Å². The molecule has 0 aliphatic carbocycles. The molecule has 2 bridgehead atoms. The molecule has 2 saturated heterocycles. The summed E-state index contributed by atoms with van der Waals surface area (Å²) in [6, 6.07) is -0.172. The fourth-order valence-corrected chi connectivity index (χ4v) is 2.85. The Morgan fingerprint density at radius 2 is 2.00 bits per heavy atom. The molecule has 2 aliphatic rings. The van der Waals surface area contributed by atoms with Crippen molar-refractivity contribution in [2.75, 3.05) is 13.1 Å². The number of aromatic nitrogens is 3. The molecule has 8 heteroatoms. The molecule has 2 aliphatic heterocycles. The molecule has 18 heavy (non-hydrogen) atoms. The van der Waals surface area contributed by atoms with E-state index in [0.717, 1.165) is 12.8 Å². The Morgan fingerprint density at radius 1 is 1.33 bits per heavy atom. The third kappa shape index (κ3) is 1.60. The van der Waals surface area contributed by atoms with Crippen LogP contribution in [-0.2, 0) is 0 Å². The third-order valence-corrected chi connectivity index (χ3v) is 3.62. The van der Waals surface area contributed by atoms with E-state index in [2.05, 4.69) is 15.4 Å². The number of carbonyl (C=O) groups excluding carboxylic acids is 1. The topological polar surface area (TPSA) is 102 Å². The van der Waals surface area contributed by atoms with Crippen LogP contribution in [0.15, 0.2) is 6.20 Å². The number of aromatic amines is 1. The molecule has 1 aromatic rings. The predicted molar refractivity (Wildman–Crippen MR) is 59.0 cm³/mol. The summed E-state index contributed by atoms with van der Waals surface area (Å²) in [5.41, 5.74) is 0.276. The van der Waals surface area contributed by atoms with Crippen molar-refractivity contribution in [3.63, 3.8) is 0 Å². The smallest absolute Gasteiger partial charge is 0.407 e. The van der Waals surface area contributed by atoms with Crippen molar-refractivity contribution < 1.29 is 14.7 Å². The standard InChI is InChI=1S/C10H13N5O3/c16-9(8-3-11-13-12-8)14-4-6-1-2-7(5-14)15(6)10(17)18/h3,6-7H,1-2,4-5H2,(H,17,18)(H,11,12,13). The van der Waals surface area contributed by atoms with Gasteiger partial charge in [0.25, 0.3) is 5.91 Å². The number of hydrogen-bond acceptors (Lipinski definition) is 4. The van der Waals surface area contributed by atoms with Gasteiger partial charge in [-0.2, -0.15) is 15.4 Å². The maximum absolute atomic E-state index is 12.1. The number of piperazine rings is 1. The second-order valence-corrected chi connectivity index (χ2v) is 4.64. The van der Waals surface area contributed by atoms with E-state index in [1.807, 2.05) is 0 Å². The number of likely N-dealkylation sites (tertiary alicyclic amines) is 1. The molecule has 96 valence electrons. The van der Waals surface area contributed by atoms with Crippen molar-refractivity contribution in [1.29, 1.82) is 0 Å². The van der Waals surface area contributed by atoms with Crippen LogP contribution in [0.1, 0.15) is 23.3 Å². The second-order valence-electron chi connectivity index (χ2n) is 4.64. The van der Waals surface area contributed by atoms with Gasteiger partial charge in [-0.3, -0.25) is 9.69 Å². The summed E-state index contributed by atoms with van der Waals surface area (Å²) in [5.74, 6) is -0.189. The zero-order valence-corrected chi connectivity index (χ0v) is 9.61. The Kier molecular flexibility index (Phi) is 2.42. The lowest BCUT2D eigenvalue weighted by atomic mass is 10.2. The van der Waals surface area contributed by atoms with E-state index in [0.29, 0.717) is 13.1 Å². The number of nitrogens with one attached hydrogen (secondary N) is 1. The van der Waals surface area contributed by atoms with Crippen molar-refractivity contribution in [1.82, 2.24) is 25.2 Å². The van der Waals surface area contributed by atoms with Crippen LogP contribution in [0, 0.1) is 0 Å². The molecule has 2 unspecified atom stereocenters. The molecule has 2 N–H and O–H groups in total. The number of amides is 2. The van der Waals surface area contributed by atoms with E-state index in [-0.39, 0.29) is 23.7 Å². The van der Waals surface area contributed by atoms with Crippen LogP contribution in [0.5, 0.6) is 0 Å². The summed E-state index contributed by atoms with van der Waals surface area (Å²) in [6.45, 7) is 0.878. The largest absolute Gasteiger partial charge is 0.465 e. The molecule has 0 spiro atoms. The number of hydrogen-bond donors (Lipinski definition) is 2. The van der Waals surface area contributed by atoms with Gasteiger partial charge >= 0.3 is 6.09 Å².